The average Bonchev–Trinajstić information content (AvgIpc) is 2.20. The molecule has 0 unspecified atom stereocenters. The molecule has 0 spiro atoms. The summed E-state index contributed by atoms with van der Waals surface area (Å²) >= 11 is 0. The lowest BCUT2D eigenvalue weighted by molar-refractivity contribution is -0.115. The molecule has 0 bridgehead atoms. The Morgan fingerprint density at radius 3 is 2.35 bits per heavy atom. The van der Waals surface area contributed by atoms with Crippen molar-refractivity contribution in [1.29, 1.82) is 0 Å². The quantitative estimate of drug-likeness (QED) is 0.840. The van der Waals surface area contributed by atoms with E-state index in [1.54, 1.807) is 18.2 Å². The van der Waals surface area contributed by atoms with E-state index in [1.807, 2.05) is 6.92 Å². The van der Waals surface area contributed by atoms with Crippen LogP contribution in [0, 0.1) is 0 Å². The van der Waals surface area contributed by atoms with Crippen LogP contribution in [0.25, 0.3) is 0 Å². The van der Waals surface area contributed by atoms with Gasteiger partial charge in [-0.3, -0.25) is 9.59 Å². The van der Waals surface area contributed by atoms with E-state index in [0.717, 1.165) is 0 Å². The van der Waals surface area contributed by atoms with Gasteiger partial charge in [-0.2, -0.15) is 0 Å². The molecule has 5 heteroatoms. The fourth-order valence-electron chi connectivity index (χ4n) is 1.38. The predicted molar refractivity (Wildman–Crippen MR) is 66.2 cm³/mol. The van der Waals surface area contributed by atoms with Crippen molar-refractivity contribution in [2.75, 3.05) is 17.2 Å². The van der Waals surface area contributed by atoms with Gasteiger partial charge in [0, 0.05) is 19.5 Å². The largest absolute Gasteiger partial charge is 0.492 e. The third-order valence-electron chi connectivity index (χ3n) is 1.91. The third kappa shape index (κ3) is 4.14. The summed E-state index contributed by atoms with van der Waals surface area (Å²) in [7, 11) is 0. The van der Waals surface area contributed by atoms with E-state index in [9.17, 15) is 9.59 Å². The first kappa shape index (κ1) is 13.0. The lowest BCUT2D eigenvalue weighted by Gasteiger charge is -2.12. The summed E-state index contributed by atoms with van der Waals surface area (Å²) in [5.41, 5.74) is 1.16. The van der Waals surface area contributed by atoms with Gasteiger partial charge in [0.25, 0.3) is 0 Å². The van der Waals surface area contributed by atoms with Crippen molar-refractivity contribution in [2.45, 2.75) is 20.8 Å². The Balaban J connectivity index is 3.00. The number of amides is 2. The molecule has 5 nitrogen and oxygen atoms in total. The number of carbonyl (C=O) groups is 2. The Morgan fingerprint density at radius 1 is 1.18 bits per heavy atom. The molecule has 1 aromatic carbocycles. The van der Waals surface area contributed by atoms with Crippen LogP contribution in [0.5, 0.6) is 5.75 Å². The number of rotatable bonds is 4. The number of hydrogen-bond donors (Lipinski definition) is 2. The van der Waals surface area contributed by atoms with E-state index in [1.165, 1.54) is 13.8 Å². The molecule has 0 atom stereocenters. The lowest BCUT2D eigenvalue weighted by atomic mass is 10.2. The van der Waals surface area contributed by atoms with Gasteiger partial charge in [-0.25, -0.2) is 0 Å². The van der Waals surface area contributed by atoms with Gasteiger partial charge in [0.05, 0.1) is 12.3 Å². The highest BCUT2D eigenvalue weighted by Crippen LogP contribution is 2.28. The maximum absolute atomic E-state index is 11.0. The number of anilines is 2. The van der Waals surface area contributed by atoms with Crippen molar-refractivity contribution in [1.82, 2.24) is 0 Å². The van der Waals surface area contributed by atoms with Crippen LogP contribution in [0.15, 0.2) is 18.2 Å². The molecule has 0 aliphatic heterocycles. The number of nitrogens with one attached hydrogen (secondary N) is 2. The fourth-order valence-corrected chi connectivity index (χ4v) is 1.38. The zero-order valence-corrected chi connectivity index (χ0v) is 10.2. The monoisotopic (exact) mass is 236 g/mol. The molecule has 0 saturated carbocycles. The maximum atomic E-state index is 11.0. The highest BCUT2D eigenvalue weighted by Gasteiger charge is 2.07. The second-order valence-electron chi connectivity index (χ2n) is 3.51. The van der Waals surface area contributed by atoms with Gasteiger partial charge in [-0.05, 0) is 25.1 Å². The van der Waals surface area contributed by atoms with Gasteiger partial charge in [-0.1, -0.05) is 0 Å². The fraction of sp³-hybridized carbons (Fsp3) is 0.333. The molecule has 0 aromatic heterocycles. The van der Waals surface area contributed by atoms with Gasteiger partial charge in [0.1, 0.15) is 5.75 Å². The molecule has 17 heavy (non-hydrogen) atoms. The van der Waals surface area contributed by atoms with E-state index >= 15 is 0 Å². The van der Waals surface area contributed by atoms with Gasteiger partial charge >= 0.3 is 0 Å². The molecule has 0 aliphatic carbocycles. The van der Waals surface area contributed by atoms with Gasteiger partial charge < -0.3 is 15.4 Å². The molecule has 0 heterocycles. The zero-order valence-electron chi connectivity index (χ0n) is 10.2. The van der Waals surface area contributed by atoms with Crippen molar-refractivity contribution in [3.05, 3.63) is 18.2 Å². The third-order valence-corrected chi connectivity index (χ3v) is 1.91. The van der Waals surface area contributed by atoms with Crippen LogP contribution >= 0.6 is 0 Å². The second-order valence-corrected chi connectivity index (χ2v) is 3.51. The summed E-state index contributed by atoms with van der Waals surface area (Å²) < 4.78 is 5.37. The molecule has 0 saturated heterocycles. The molecule has 1 aromatic rings. The molecule has 2 N–H and O–H groups in total. The minimum atomic E-state index is -0.189. The Kier molecular flexibility index (Phi) is 4.51. The Morgan fingerprint density at radius 2 is 1.82 bits per heavy atom. The summed E-state index contributed by atoms with van der Waals surface area (Å²) in [5.74, 6) is 0.227. The summed E-state index contributed by atoms with van der Waals surface area (Å²) in [6.45, 7) is 5.21. The molecule has 92 valence electrons. The van der Waals surface area contributed by atoms with E-state index in [-0.39, 0.29) is 11.8 Å². The maximum Gasteiger partial charge on any atom is 0.221 e. The van der Waals surface area contributed by atoms with E-state index in [4.69, 9.17) is 4.74 Å². The normalized spacial score (nSPS) is 9.59. The first-order valence-electron chi connectivity index (χ1n) is 5.35. The van der Waals surface area contributed by atoms with Crippen LogP contribution in [-0.2, 0) is 9.59 Å². The van der Waals surface area contributed by atoms with Crippen molar-refractivity contribution in [3.8, 4) is 5.75 Å². The second kappa shape index (κ2) is 5.89. The highest BCUT2D eigenvalue weighted by atomic mass is 16.5. The average molecular weight is 236 g/mol. The number of hydrogen-bond acceptors (Lipinski definition) is 3. The molecule has 0 fully saturated rings. The SMILES string of the molecule is CCOc1ccc(NC(C)=O)cc1NC(C)=O. The standard InChI is InChI=1S/C12H16N2O3/c1-4-17-12-6-5-10(13-8(2)15)7-11(12)14-9(3)16/h5-7H,4H2,1-3H3,(H,13,15)(H,14,16). The highest BCUT2D eigenvalue weighted by molar-refractivity contribution is 5.93. The minimum absolute atomic E-state index is 0.164. The molecular formula is C12H16N2O3. The van der Waals surface area contributed by atoms with Gasteiger partial charge in [0.2, 0.25) is 11.8 Å². The van der Waals surface area contributed by atoms with Gasteiger partial charge in [0.15, 0.2) is 0 Å². The van der Waals surface area contributed by atoms with Crippen molar-refractivity contribution >= 4 is 23.2 Å². The molecule has 2 amide bonds. The van der Waals surface area contributed by atoms with E-state index in [0.29, 0.717) is 23.7 Å². The Labute approximate surface area is 100 Å². The number of benzene rings is 1. The number of carbonyl (C=O) groups excluding carboxylic acids is 2. The smallest absolute Gasteiger partial charge is 0.221 e. The van der Waals surface area contributed by atoms with Crippen LogP contribution in [0.1, 0.15) is 20.8 Å². The minimum Gasteiger partial charge on any atom is -0.492 e. The Hall–Kier alpha value is -2.04. The van der Waals surface area contributed by atoms with Crippen molar-refractivity contribution < 1.29 is 14.3 Å². The summed E-state index contributed by atoms with van der Waals surface area (Å²) in [6.07, 6.45) is 0. The summed E-state index contributed by atoms with van der Waals surface area (Å²) in [6, 6.07) is 5.09. The lowest BCUT2D eigenvalue weighted by Crippen LogP contribution is -2.10. The van der Waals surface area contributed by atoms with Crippen molar-refractivity contribution in [2.24, 2.45) is 0 Å². The first-order valence-corrected chi connectivity index (χ1v) is 5.35. The van der Waals surface area contributed by atoms with Crippen LogP contribution in [0.4, 0.5) is 11.4 Å². The predicted octanol–water partition coefficient (Wildman–Crippen LogP) is 2.00. The van der Waals surface area contributed by atoms with E-state index < -0.39 is 0 Å². The van der Waals surface area contributed by atoms with Gasteiger partial charge in [-0.15, -0.1) is 0 Å². The van der Waals surface area contributed by atoms with Crippen LogP contribution < -0.4 is 15.4 Å². The molecule has 1 rings (SSSR count). The molecule has 0 radical (unpaired) electrons. The Bertz CT molecular complexity index is 430. The van der Waals surface area contributed by atoms with Crippen LogP contribution in [0.3, 0.4) is 0 Å². The van der Waals surface area contributed by atoms with Crippen LogP contribution in [-0.4, -0.2) is 18.4 Å². The topological polar surface area (TPSA) is 67.4 Å². The van der Waals surface area contributed by atoms with Crippen LogP contribution in [0.2, 0.25) is 0 Å². The summed E-state index contributed by atoms with van der Waals surface area (Å²) in [4.78, 5) is 22.0. The zero-order chi connectivity index (χ0) is 12.8. The first-order chi connectivity index (χ1) is 8.02. The van der Waals surface area contributed by atoms with E-state index in [2.05, 4.69) is 10.6 Å². The molecule has 0 aliphatic rings. The number of ether oxygens (including phenoxy) is 1. The molecular weight excluding hydrogens is 220 g/mol. The summed E-state index contributed by atoms with van der Waals surface area (Å²) in [5, 5.41) is 5.30. The van der Waals surface area contributed by atoms with Crippen molar-refractivity contribution in [3.63, 3.8) is 0 Å².